The van der Waals surface area contributed by atoms with Crippen LogP contribution in [0.4, 0.5) is 13.2 Å². The Balaban J connectivity index is 1.64. The van der Waals surface area contributed by atoms with Crippen LogP contribution in [0.5, 0.6) is 0 Å². The Morgan fingerprint density at radius 1 is 1.22 bits per heavy atom. The van der Waals surface area contributed by atoms with Crippen molar-refractivity contribution in [3.63, 3.8) is 0 Å². The Bertz CT molecular complexity index is 1530. The molecule has 13 heteroatoms. The second kappa shape index (κ2) is 9.93. The second-order valence-electron chi connectivity index (χ2n) is 8.30. The average molecular weight is 513 g/mol. The Hall–Kier alpha value is -4.39. The number of aryl methyl sites for hydroxylation is 2. The summed E-state index contributed by atoms with van der Waals surface area (Å²) in [4.78, 5) is 29.8. The normalized spacial score (nSPS) is 12.4. The van der Waals surface area contributed by atoms with Crippen molar-refractivity contribution in [2.45, 2.75) is 25.8 Å². The van der Waals surface area contributed by atoms with Gasteiger partial charge in [-0.25, -0.2) is 9.07 Å². The van der Waals surface area contributed by atoms with Gasteiger partial charge in [0.05, 0.1) is 35.4 Å². The first kappa shape index (κ1) is 25.7. The highest BCUT2D eigenvalue weighted by Crippen LogP contribution is 2.32. The number of halogens is 3. The van der Waals surface area contributed by atoms with Gasteiger partial charge in [0.25, 0.3) is 17.4 Å². The SMILES string of the molecule is Cc1ncc(-n2nc(C(=O)N[C@H](C)c3cccc(C(F)(F)CO)c3F)ccc2=O)cc1-c1cnnn1C. The number of aliphatic hydroxyl groups is 1. The third-order valence-electron chi connectivity index (χ3n) is 5.78. The van der Waals surface area contributed by atoms with Crippen molar-refractivity contribution in [1.29, 1.82) is 0 Å². The Morgan fingerprint density at radius 2 is 1.97 bits per heavy atom. The first-order valence-electron chi connectivity index (χ1n) is 11.0. The standard InChI is InChI=1S/C24H22F3N7O3/c1-13-17(20-11-29-32-33(20)3)9-15(10-28-13)34-21(36)8-7-19(31-34)23(37)30-14(2)16-5-4-6-18(22(16)25)24(26,27)12-35/h4-11,14,35H,12H2,1-3H3,(H,30,37)/t14-/m1/s1. The summed E-state index contributed by atoms with van der Waals surface area (Å²) in [5.74, 6) is -5.79. The number of hydrogen-bond donors (Lipinski definition) is 2. The summed E-state index contributed by atoms with van der Waals surface area (Å²) in [6.45, 7) is 1.62. The van der Waals surface area contributed by atoms with Gasteiger partial charge in [-0.05, 0) is 32.0 Å². The summed E-state index contributed by atoms with van der Waals surface area (Å²) < 4.78 is 45.1. The highest BCUT2D eigenvalue weighted by atomic mass is 19.3. The summed E-state index contributed by atoms with van der Waals surface area (Å²) in [5, 5.41) is 23.3. The molecule has 0 aliphatic carbocycles. The van der Waals surface area contributed by atoms with Crippen LogP contribution in [0, 0.1) is 12.7 Å². The molecule has 3 aromatic heterocycles. The minimum atomic E-state index is -3.78. The van der Waals surface area contributed by atoms with Gasteiger partial charge in [-0.2, -0.15) is 18.6 Å². The molecular formula is C24H22F3N7O3. The molecule has 0 aliphatic rings. The molecule has 0 spiro atoms. The zero-order chi connectivity index (χ0) is 26.9. The lowest BCUT2D eigenvalue weighted by atomic mass is 10.0. The molecule has 0 unspecified atom stereocenters. The smallest absolute Gasteiger partial charge is 0.298 e. The fourth-order valence-corrected chi connectivity index (χ4v) is 3.75. The monoisotopic (exact) mass is 513 g/mol. The van der Waals surface area contributed by atoms with E-state index >= 15 is 0 Å². The number of aromatic nitrogens is 6. The number of nitrogens with zero attached hydrogens (tertiary/aromatic N) is 6. The summed E-state index contributed by atoms with van der Waals surface area (Å²) in [5.41, 5.74) is 0.342. The molecular weight excluding hydrogens is 491 g/mol. The first-order chi connectivity index (χ1) is 17.5. The zero-order valence-electron chi connectivity index (χ0n) is 20.0. The van der Waals surface area contributed by atoms with Crippen molar-refractivity contribution in [2.75, 3.05) is 6.61 Å². The van der Waals surface area contributed by atoms with E-state index in [-0.39, 0.29) is 16.9 Å². The van der Waals surface area contributed by atoms with Crippen LogP contribution >= 0.6 is 0 Å². The van der Waals surface area contributed by atoms with E-state index < -0.39 is 41.4 Å². The van der Waals surface area contributed by atoms with E-state index in [1.54, 1.807) is 30.9 Å². The number of amides is 1. The quantitative estimate of drug-likeness (QED) is 0.389. The van der Waals surface area contributed by atoms with Crippen LogP contribution in [0.3, 0.4) is 0 Å². The van der Waals surface area contributed by atoms with Gasteiger partial charge in [0.1, 0.15) is 18.1 Å². The number of pyridine rings is 1. The number of aliphatic hydroxyl groups excluding tert-OH is 1. The number of nitrogens with one attached hydrogen (secondary N) is 1. The van der Waals surface area contributed by atoms with Crippen LogP contribution in [-0.2, 0) is 13.0 Å². The molecule has 192 valence electrons. The second-order valence-corrected chi connectivity index (χ2v) is 8.30. The largest absolute Gasteiger partial charge is 0.390 e. The van der Waals surface area contributed by atoms with Gasteiger partial charge in [-0.3, -0.25) is 14.6 Å². The number of hydrogen-bond acceptors (Lipinski definition) is 7. The molecule has 0 fully saturated rings. The fourth-order valence-electron chi connectivity index (χ4n) is 3.75. The lowest BCUT2D eigenvalue weighted by Crippen LogP contribution is -2.31. The third kappa shape index (κ3) is 4.98. The summed E-state index contributed by atoms with van der Waals surface area (Å²) in [7, 11) is 1.70. The summed E-state index contributed by atoms with van der Waals surface area (Å²) >= 11 is 0. The molecule has 3 heterocycles. The van der Waals surface area contributed by atoms with Crippen LogP contribution < -0.4 is 10.9 Å². The molecule has 1 amide bonds. The van der Waals surface area contributed by atoms with Crippen molar-refractivity contribution < 1.29 is 23.1 Å². The molecule has 0 saturated heterocycles. The molecule has 0 bridgehead atoms. The Kier molecular flexibility index (Phi) is 6.90. The maximum absolute atomic E-state index is 14.8. The van der Waals surface area contributed by atoms with Crippen LogP contribution in [0.1, 0.15) is 40.3 Å². The molecule has 0 saturated carbocycles. The molecule has 0 aliphatic heterocycles. The van der Waals surface area contributed by atoms with E-state index in [4.69, 9.17) is 5.11 Å². The maximum atomic E-state index is 14.8. The third-order valence-corrected chi connectivity index (χ3v) is 5.78. The van der Waals surface area contributed by atoms with Crippen LogP contribution in [0.15, 0.2) is 53.6 Å². The molecule has 10 nitrogen and oxygen atoms in total. The van der Waals surface area contributed by atoms with Gasteiger partial charge in [-0.1, -0.05) is 17.3 Å². The fraction of sp³-hybridized carbons (Fsp3) is 0.250. The Labute approximate surface area is 208 Å². The maximum Gasteiger partial charge on any atom is 0.298 e. The van der Waals surface area contributed by atoms with Crippen LogP contribution in [0.25, 0.3) is 16.9 Å². The van der Waals surface area contributed by atoms with Crippen LogP contribution in [0.2, 0.25) is 0 Å². The number of rotatable bonds is 7. The zero-order valence-corrected chi connectivity index (χ0v) is 20.0. The number of benzene rings is 1. The minimum absolute atomic E-state index is 0.173. The molecule has 1 atom stereocenters. The summed E-state index contributed by atoms with van der Waals surface area (Å²) in [6.07, 6.45) is 2.96. The molecule has 0 radical (unpaired) electrons. The highest BCUT2D eigenvalue weighted by molar-refractivity contribution is 5.92. The topological polar surface area (TPSA) is 128 Å². The molecule has 1 aromatic carbocycles. The Morgan fingerprint density at radius 3 is 2.65 bits per heavy atom. The molecule has 4 aromatic rings. The van der Waals surface area contributed by atoms with E-state index in [1.807, 2.05) is 0 Å². The summed E-state index contributed by atoms with van der Waals surface area (Å²) in [6, 6.07) is 6.28. The van der Waals surface area contributed by atoms with Gasteiger partial charge in [0.15, 0.2) is 0 Å². The van der Waals surface area contributed by atoms with Crippen LogP contribution in [-0.4, -0.2) is 47.4 Å². The van der Waals surface area contributed by atoms with Crippen molar-refractivity contribution in [3.8, 4) is 16.9 Å². The average Bonchev–Trinajstić information content (AvgIpc) is 3.30. The van der Waals surface area contributed by atoms with E-state index in [0.29, 0.717) is 17.0 Å². The predicted octanol–water partition coefficient (Wildman–Crippen LogP) is 2.45. The lowest BCUT2D eigenvalue weighted by molar-refractivity contribution is -0.0584. The van der Waals surface area contributed by atoms with E-state index in [9.17, 15) is 22.8 Å². The lowest BCUT2D eigenvalue weighted by Gasteiger charge is -2.20. The highest BCUT2D eigenvalue weighted by Gasteiger charge is 2.35. The number of carbonyl (C=O) groups is 1. The molecule has 37 heavy (non-hydrogen) atoms. The van der Waals surface area contributed by atoms with E-state index in [2.05, 4.69) is 25.7 Å². The first-order valence-corrected chi connectivity index (χ1v) is 11.0. The van der Waals surface area contributed by atoms with Gasteiger partial charge >= 0.3 is 0 Å². The van der Waals surface area contributed by atoms with Crippen molar-refractivity contribution in [2.24, 2.45) is 7.05 Å². The minimum Gasteiger partial charge on any atom is -0.390 e. The number of alkyl halides is 2. The van der Waals surface area contributed by atoms with E-state index in [0.717, 1.165) is 16.8 Å². The van der Waals surface area contributed by atoms with Gasteiger partial charge in [-0.15, -0.1) is 5.10 Å². The van der Waals surface area contributed by atoms with Gasteiger partial charge < -0.3 is 10.4 Å². The molecule has 4 rings (SSSR count). The van der Waals surface area contributed by atoms with E-state index in [1.165, 1.54) is 31.3 Å². The number of carbonyl (C=O) groups excluding carboxylic acids is 1. The van der Waals surface area contributed by atoms with Gasteiger partial charge in [0, 0.05) is 29.9 Å². The molecule has 2 N–H and O–H groups in total. The van der Waals surface area contributed by atoms with Crippen molar-refractivity contribution >= 4 is 5.91 Å². The van der Waals surface area contributed by atoms with Gasteiger partial charge in [0.2, 0.25) is 0 Å². The van der Waals surface area contributed by atoms with Crippen molar-refractivity contribution in [3.05, 3.63) is 87.5 Å². The van der Waals surface area contributed by atoms with Crippen molar-refractivity contribution in [1.82, 2.24) is 35.1 Å². The predicted molar refractivity (Wildman–Crippen MR) is 126 cm³/mol.